The maximum absolute atomic E-state index is 12.6. The van der Waals surface area contributed by atoms with Gasteiger partial charge in [-0.1, -0.05) is 0 Å². The van der Waals surface area contributed by atoms with Crippen molar-refractivity contribution in [1.29, 1.82) is 0 Å². The Morgan fingerprint density at radius 2 is 2.08 bits per heavy atom. The van der Waals surface area contributed by atoms with E-state index in [2.05, 4.69) is 15.2 Å². The van der Waals surface area contributed by atoms with Gasteiger partial charge in [0, 0.05) is 23.9 Å². The number of piperidine rings is 1. The molecular formula is C18H23N5O3. The molecule has 8 heteroatoms. The lowest BCUT2D eigenvalue weighted by molar-refractivity contribution is -0.134. The zero-order valence-electron chi connectivity index (χ0n) is 15.3. The van der Waals surface area contributed by atoms with Crippen molar-refractivity contribution < 1.29 is 9.53 Å². The van der Waals surface area contributed by atoms with E-state index < -0.39 is 0 Å². The smallest absolute Gasteiger partial charge is 0.256 e. The highest BCUT2D eigenvalue weighted by atomic mass is 16.5. The van der Waals surface area contributed by atoms with Gasteiger partial charge in [0.1, 0.15) is 12.6 Å². The van der Waals surface area contributed by atoms with Crippen LogP contribution in [-0.2, 0) is 11.3 Å². The quantitative estimate of drug-likeness (QED) is 0.812. The number of rotatable bonds is 4. The van der Waals surface area contributed by atoms with E-state index in [1.807, 2.05) is 13.0 Å². The fourth-order valence-corrected chi connectivity index (χ4v) is 2.92. The predicted octanol–water partition coefficient (Wildman–Crippen LogP) is 1.03. The number of carbonyl (C=O) groups excluding carboxylic acids is 1. The maximum atomic E-state index is 12.6. The van der Waals surface area contributed by atoms with Crippen molar-refractivity contribution in [2.75, 3.05) is 13.1 Å². The Bertz CT molecular complexity index is 847. The molecule has 0 radical (unpaired) electrons. The largest absolute Gasteiger partial charge is 0.471 e. The second kappa shape index (κ2) is 7.63. The molecule has 0 bridgehead atoms. The highest BCUT2D eigenvalue weighted by Crippen LogP contribution is 2.16. The molecule has 0 unspecified atom stereocenters. The van der Waals surface area contributed by atoms with E-state index in [0.717, 1.165) is 18.5 Å². The van der Waals surface area contributed by atoms with Crippen molar-refractivity contribution in [2.24, 2.45) is 0 Å². The molecule has 1 aliphatic rings. The monoisotopic (exact) mass is 357 g/mol. The number of aromatic nitrogens is 4. The fraction of sp³-hybridized carbons (Fsp3) is 0.500. The van der Waals surface area contributed by atoms with Gasteiger partial charge in [0.05, 0.1) is 18.6 Å². The molecule has 0 spiro atoms. The van der Waals surface area contributed by atoms with Crippen LogP contribution in [-0.4, -0.2) is 49.7 Å². The normalized spacial score (nSPS) is 17.2. The highest BCUT2D eigenvalue weighted by molar-refractivity contribution is 5.76. The molecule has 1 amide bonds. The van der Waals surface area contributed by atoms with Crippen LogP contribution in [0.2, 0.25) is 0 Å². The molecular weight excluding hydrogens is 334 g/mol. The number of hydrogen-bond acceptors (Lipinski definition) is 6. The van der Waals surface area contributed by atoms with Crippen LogP contribution < -0.4 is 10.3 Å². The minimum Gasteiger partial charge on any atom is -0.471 e. The Labute approximate surface area is 151 Å². The molecule has 1 atom stereocenters. The van der Waals surface area contributed by atoms with Gasteiger partial charge in [0.15, 0.2) is 0 Å². The molecule has 138 valence electrons. The Morgan fingerprint density at radius 3 is 2.81 bits per heavy atom. The number of carbonyl (C=O) groups is 1. The van der Waals surface area contributed by atoms with Gasteiger partial charge in [-0.25, -0.2) is 4.98 Å². The number of hydrogen-bond donors (Lipinski definition) is 0. The molecule has 1 fully saturated rings. The lowest BCUT2D eigenvalue weighted by Gasteiger charge is -2.32. The summed E-state index contributed by atoms with van der Waals surface area (Å²) in [6.07, 6.45) is 3.00. The van der Waals surface area contributed by atoms with Crippen LogP contribution in [0.15, 0.2) is 23.3 Å². The van der Waals surface area contributed by atoms with Crippen molar-refractivity contribution in [3.05, 3.63) is 45.8 Å². The maximum Gasteiger partial charge on any atom is 0.256 e. The average Bonchev–Trinajstić information content (AvgIpc) is 2.64. The van der Waals surface area contributed by atoms with Crippen molar-refractivity contribution in [1.82, 2.24) is 24.6 Å². The lowest BCUT2D eigenvalue weighted by atomic mass is 10.1. The first-order chi connectivity index (χ1) is 12.4. The van der Waals surface area contributed by atoms with Crippen LogP contribution in [0.3, 0.4) is 0 Å². The molecule has 1 saturated heterocycles. The zero-order chi connectivity index (χ0) is 18.7. The van der Waals surface area contributed by atoms with E-state index >= 15 is 0 Å². The molecule has 2 aromatic rings. The Hall–Kier alpha value is -2.77. The molecule has 3 rings (SSSR count). The van der Waals surface area contributed by atoms with E-state index in [4.69, 9.17) is 4.74 Å². The van der Waals surface area contributed by atoms with E-state index in [0.29, 0.717) is 30.2 Å². The lowest BCUT2D eigenvalue weighted by Crippen LogP contribution is -2.46. The van der Waals surface area contributed by atoms with Crippen molar-refractivity contribution in [3.8, 4) is 5.88 Å². The summed E-state index contributed by atoms with van der Waals surface area (Å²) in [7, 11) is 0. The second-order valence-corrected chi connectivity index (χ2v) is 6.62. The van der Waals surface area contributed by atoms with Crippen LogP contribution in [0.25, 0.3) is 0 Å². The molecule has 0 saturated carbocycles. The van der Waals surface area contributed by atoms with Crippen LogP contribution in [0.5, 0.6) is 5.88 Å². The third kappa shape index (κ3) is 4.07. The minimum absolute atomic E-state index is 0.00991. The number of likely N-dealkylation sites (tertiary alicyclic amines) is 1. The summed E-state index contributed by atoms with van der Waals surface area (Å²) in [5, 5.41) is 7.99. The molecule has 0 N–H and O–H groups in total. The summed E-state index contributed by atoms with van der Waals surface area (Å²) in [5.74, 6) is 0.352. The van der Waals surface area contributed by atoms with Gasteiger partial charge in [-0.2, -0.15) is 5.10 Å². The summed E-state index contributed by atoms with van der Waals surface area (Å²) in [6, 6.07) is 3.62. The van der Waals surface area contributed by atoms with Crippen LogP contribution in [0.1, 0.15) is 29.8 Å². The van der Waals surface area contributed by atoms with E-state index in [9.17, 15) is 9.59 Å². The van der Waals surface area contributed by atoms with Crippen molar-refractivity contribution in [2.45, 2.75) is 46.3 Å². The number of amides is 1. The predicted molar refractivity (Wildman–Crippen MR) is 95.0 cm³/mol. The van der Waals surface area contributed by atoms with Gasteiger partial charge >= 0.3 is 0 Å². The fourth-order valence-electron chi connectivity index (χ4n) is 2.92. The molecule has 1 aliphatic heterocycles. The summed E-state index contributed by atoms with van der Waals surface area (Å²) < 4.78 is 7.21. The van der Waals surface area contributed by atoms with E-state index in [1.165, 1.54) is 10.9 Å². The first kappa shape index (κ1) is 18.0. The summed E-state index contributed by atoms with van der Waals surface area (Å²) in [6.45, 7) is 6.49. The highest BCUT2D eigenvalue weighted by Gasteiger charge is 2.25. The molecule has 2 aromatic heterocycles. The minimum atomic E-state index is -0.175. The first-order valence-electron chi connectivity index (χ1n) is 8.71. The molecule has 8 nitrogen and oxygen atoms in total. The third-order valence-electron chi connectivity index (χ3n) is 4.61. The van der Waals surface area contributed by atoms with Crippen LogP contribution in [0.4, 0.5) is 0 Å². The molecule has 26 heavy (non-hydrogen) atoms. The molecule has 0 aromatic carbocycles. The average molecular weight is 357 g/mol. The van der Waals surface area contributed by atoms with Gasteiger partial charge in [0.25, 0.3) is 5.56 Å². The Morgan fingerprint density at radius 1 is 1.27 bits per heavy atom. The summed E-state index contributed by atoms with van der Waals surface area (Å²) >= 11 is 0. The number of ether oxygens (including phenoxy) is 1. The van der Waals surface area contributed by atoms with Crippen LogP contribution >= 0.6 is 0 Å². The topological polar surface area (TPSA) is 90.2 Å². The molecule has 3 heterocycles. The van der Waals surface area contributed by atoms with Gasteiger partial charge in [0.2, 0.25) is 11.8 Å². The van der Waals surface area contributed by atoms with Crippen molar-refractivity contribution >= 4 is 5.91 Å². The summed E-state index contributed by atoms with van der Waals surface area (Å²) in [4.78, 5) is 30.8. The third-order valence-corrected chi connectivity index (χ3v) is 4.61. The van der Waals surface area contributed by atoms with Crippen molar-refractivity contribution in [3.63, 3.8) is 0 Å². The summed E-state index contributed by atoms with van der Waals surface area (Å²) in [5.41, 5.74) is 1.90. The van der Waals surface area contributed by atoms with Gasteiger partial charge < -0.3 is 9.64 Å². The second-order valence-electron chi connectivity index (χ2n) is 6.62. The Balaban J connectivity index is 1.63. The van der Waals surface area contributed by atoms with E-state index in [1.54, 1.807) is 24.8 Å². The SMILES string of the molecule is Cc1ccc(O[C@H]2CCCN(C(=O)Cn3cnc(C)c(C)c3=O)C2)nn1. The number of nitrogens with zero attached hydrogens (tertiary/aromatic N) is 5. The van der Waals surface area contributed by atoms with Gasteiger partial charge in [-0.05, 0) is 39.7 Å². The van der Waals surface area contributed by atoms with Gasteiger partial charge in [-0.3, -0.25) is 14.2 Å². The number of aryl methyl sites for hydroxylation is 2. The Kier molecular flexibility index (Phi) is 5.29. The van der Waals surface area contributed by atoms with Crippen LogP contribution in [0, 0.1) is 20.8 Å². The standard InChI is InChI=1S/C18H23N5O3/c1-12-6-7-16(21-20-12)26-15-5-4-8-22(9-15)17(24)10-23-11-19-14(3)13(2)18(23)25/h6-7,11,15H,4-5,8-10H2,1-3H3/t15-/m0/s1. The molecule has 0 aliphatic carbocycles. The zero-order valence-corrected chi connectivity index (χ0v) is 15.3. The van der Waals surface area contributed by atoms with Gasteiger partial charge in [-0.15, -0.1) is 5.10 Å². The van der Waals surface area contributed by atoms with E-state index in [-0.39, 0.29) is 24.1 Å². The first-order valence-corrected chi connectivity index (χ1v) is 8.71.